The summed E-state index contributed by atoms with van der Waals surface area (Å²) >= 11 is 3.98. The standard InChI is InChI=1S/C16H23F2NS2/c1-4-19-15(16-9-20-10(2)11(3)21-16)7-12-5-6-13(17)8-14(12)18/h5-6,8,10-11,15-16,19H,4,7,9H2,1-3H3. The first kappa shape index (κ1) is 17.1. The molecule has 5 heteroatoms. The normalized spacial score (nSPS) is 27.6. The largest absolute Gasteiger partial charge is 0.313 e. The Morgan fingerprint density at radius 2 is 2.05 bits per heavy atom. The third kappa shape index (κ3) is 4.60. The van der Waals surface area contributed by atoms with E-state index >= 15 is 0 Å². The van der Waals surface area contributed by atoms with Crippen molar-refractivity contribution in [3.8, 4) is 0 Å². The number of nitrogens with one attached hydrogen (secondary N) is 1. The van der Waals surface area contributed by atoms with Gasteiger partial charge < -0.3 is 5.32 Å². The number of hydrogen-bond donors (Lipinski definition) is 1. The zero-order chi connectivity index (χ0) is 15.4. The number of hydrogen-bond acceptors (Lipinski definition) is 3. The summed E-state index contributed by atoms with van der Waals surface area (Å²) in [6, 6.07) is 4.12. The van der Waals surface area contributed by atoms with Gasteiger partial charge in [-0.3, -0.25) is 0 Å². The molecule has 1 N–H and O–H groups in total. The second-order valence-corrected chi connectivity index (χ2v) is 8.55. The van der Waals surface area contributed by atoms with Crippen molar-refractivity contribution in [2.45, 2.75) is 49.0 Å². The topological polar surface area (TPSA) is 12.0 Å². The van der Waals surface area contributed by atoms with Crippen LogP contribution in [0.5, 0.6) is 0 Å². The van der Waals surface area contributed by atoms with Crippen LogP contribution >= 0.6 is 23.5 Å². The fourth-order valence-corrected chi connectivity index (χ4v) is 5.67. The van der Waals surface area contributed by atoms with Crippen molar-refractivity contribution in [2.75, 3.05) is 12.3 Å². The van der Waals surface area contributed by atoms with E-state index in [4.69, 9.17) is 0 Å². The van der Waals surface area contributed by atoms with Gasteiger partial charge in [-0.25, -0.2) is 8.78 Å². The Hall–Kier alpha value is -0.260. The summed E-state index contributed by atoms with van der Waals surface area (Å²) in [5.41, 5.74) is 0.597. The molecule has 1 nitrogen and oxygen atoms in total. The lowest BCUT2D eigenvalue weighted by atomic mass is 10.0. The molecule has 1 fully saturated rings. The molecule has 0 saturated carbocycles. The Balaban J connectivity index is 2.08. The molecular weight excluding hydrogens is 308 g/mol. The minimum Gasteiger partial charge on any atom is -0.313 e. The van der Waals surface area contributed by atoms with E-state index in [1.165, 1.54) is 6.07 Å². The molecule has 1 heterocycles. The van der Waals surface area contributed by atoms with Crippen molar-refractivity contribution in [3.05, 3.63) is 35.4 Å². The molecule has 0 radical (unpaired) electrons. The molecule has 1 aromatic carbocycles. The van der Waals surface area contributed by atoms with E-state index in [2.05, 4.69) is 26.1 Å². The van der Waals surface area contributed by atoms with Gasteiger partial charge >= 0.3 is 0 Å². The molecule has 0 bridgehead atoms. The minimum absolute atomic E-state index is 0.224. The van der Waals surface area contributed by atoms with Crippen LogP contribution in [0.2, 0.25) is 0 Å². The Kier molecular flexibility index (Phi) is 6.38. The Labute approximate surface area is 134 Å². The van der Waals surface area contributed by atoms with Crippen molar-refractivity contribution in [2.24, 2.45) is 0 Å². The summed E-state index contributed by atoms with van der Waals surface area (Å²) in [5.74, 6) is 0.130. The highest BCUT2D eigenvalue weighted by atomic mass is 32.2. The molecule has 1 aliphatic rings. The van der Waals surface area contributed by atoms with Crippen LogP contribution in [0.25, 0.3) is 0 Å². The van der Waals surface area contributed by atoms with Crippen LogP contribution in [0.3, 0.4) is 0 Å². The summed E-state index contributed by atoms with van der Waals surface area (Å²) < 4.78 is 26.9. The lowest BCUT2D eigenvalue weighted by Crippen LogP contribution is -2.44. The molecule has 1 aromatic rings. The van der Waals surface area contributed by atoms with E-state index in [-0.39, 0.29) is 6.04 Å². The van der Waals surface area contributed by atoms with Crippen LogP contribution in [-0.4, -0.2) is 34.1 Å². The van der Waals surface area contributed by atoms with Gasteiger partial charge in [-0.05, 0) is 24.6 Å². The van der Waals surface area contributed by atoms with Gasteiger partial charge in [0.05, 0.1) is 0 Å². The molecule has 0 aliphatic carbocycles. The van der Waals surface area contributed by atoms with Crippen molar-refractivity contribution in [3.63, 3.8) is 0 Å². The minimum atomic E-state index is -0.513. The quantitative estimate of drug-likeness (QED) is 0.872. The molecule has 0 amide bonds. The van der Waals surface area contributed by atoms with E-state index in [0.717, 1.165) is 18.4 Å². The fourth-order valence-electron chi connectivity index (χ4n) is 2.54. The molecule has 0 spiro atoms. The van der Waals surface area contributed by atoms with Gasteiger partial charge in [-0.1, -0.05) is 26.8 Å². The Morgan fingerprint density at radius 3 is 2.67 bits per heavy atom. The molecule has 4 atom stereocenters. The first-order chi connectivity index (χ1) is 10.0. The molecular formula is C16H23F2NS2. The average molecular weight is 331 g/mol. The second kappa shape index (κ2) is 7.84. The smallest absolute Gasteiger partial charge is 0.129 e. The SMILES string of the molecule is CCNC(Cc1ccc(F)cc1F)C1CSC(C)C(C)S1. The van der Waals surface area contributed by atoms with E-state index in [1.807, 2.05) is 23.5 Å². The molecule has 2 rings (SSSR count). The fraction of sp³-hybridized carbons (Fsp3) is 0.625. The predicted octanol–water partition coefficient (Wildman–Crippen LogP) is 4.11. The Bertz CT molecular complexity index is 470. The van der Waals surface area contributed by atoms with E-state index in [0.29, 0.717) is 27.7 Å². The zero-order valence-electron chi connectivity index (χ0n) is 12.7. The summed E-state index contributed by atoms with van der Waals surface area (Å²) in [4.78, 5) is 0. The highest BCUT2D eigenvalue weighted by Gasteiger charge is 2.31. The van der Waals surface area contributed by atoms with Crippen LogP contribution in [0.4, 0.5) is 8.78 Å². The monoisotopic (exact) mass is 331 g/mol. The van der Waals surface area contributed by atoms with Gasteiger partial charge in [0.15, 0.2) is 0 Å². The van der Waals surface area contributed by atoms with Crippen LogP contribution in [0.15, 0.2) is 18.2 Å². The lowest BCUT2D eigenvalue weighted by molar-refractivity contribution is 0.501. The summed E-state index contributed by atoms with van der Waals surface area (Å²) in [6.07, 6.45) is 0.610. The number of likely N-dealkylation sites (N-methyl/N-ethyl adjacent to an activating group) is 1. The van der Waals surface area contributed by atoms with Crippen LogP contribution < -0.4 is 5.32 Å². The van der Waals surface area contributed by atoms with Gasteiger partial charge in [0.25, 0.3) is 0 Å². The maximum absolute atomic E-state index is 13.9. The van der Waals surface area contributed by atoms with Gasteiger partial charge in [-0.2, -0.15) is 23.5 Å². The summed E-state index contributed by atoms with van der Waals surface area (Å²) in [7, 11) is 0. The lowest BCUT2D eigenvalue weighted by Gasteiger charge is -2.36. The second-order valence-electron chi connectivity index (χ2n) is 5.52. The maximum Gasteiger partial charge on any atom is 0.129 e. The van der Waals surface area contributed by atoms with Crippen LogP contribution in [0, 0.1) is 11.6 Å². The number of thioether (sulfide) groups is 2. The third-order valence-electron chi connectivity index (χ3n) is 3.94. The third-order valence-corrected chi connectivity index (χ3v) is 7.50. The van der Waals surface area contributed by atoms with Gasteiger partial charge in [0, 0.05) is 33.6 Å². The molecule has 4 unspecified atom stereocenters. The van der Waals surface area contributed by atoms with E-state index < -0.39 is 11.6 Å². The van der Waals surface area contributed by atoms with Gasteiger partial charge in [0.2, 0.25) is 0 Å². The maximum atomic E-state index is 13.9. The predicted molar refractivity (Wildman–Crippen MR) is 90.3 cm³/mol. The number of halogens is 2. The Morgan fingerprint density at radius 1 is 1.29 bits per heavy atom. The molecule has 118 valence electrons. The zero-order valence-corrected chi connectivity index (χ0v) is 14.4. The van der Waals surface area contributed by atoms with Crippen molar-refractivity contribution < 1.29 is 8.78 Å². The van der Waals surface area contributed by atoms with Crippen molar-refractivity contribution in [1.29, 1.82) is 0 Å². The van der Waals surface area contributed by atoms with E-state index in [9.17, 15) is 8.78 Å². The number of benzene rings is 1. The average Bonchev–Trinajstić information content (AvgIpc) is 2.44. The van der Waals surface area contributed by atoms with Crippen molar-refractivity contribution >= 4 is 23.5 Å². The van der Waals surface area contributed by atoms with E-state index in [1.54, 1.807) is 6.07 Å². The molecule has 1 aliphatic heterocycles. The molecule has 0 aromatic heterocycles. The highest BCUT2D eigenvalue weighted by molar-refractivity contribution is 8.07. The first-order valence-electron chi connectivity index (χ1n) is 7.45. The van der Waals surface area contributed by atoms with Crippen molar-refractivity contribution in [1.82, 2.24) is 5.32 Å². The highest BCUT2D eigenvalue weighted by Crippen LogP contribution is 2.37. The van der Waals surface area contributed by atoms with Gasteiger partial charge in [0.1, 0.15) is 11.6 Å². The summed E-state index contributed by atoms with van der Waals surface area (Å²) in [6.45, 7) is 7.45. The first-order valence-corrected chi connectivity index (χ1v) is 9.44. The number of rotatable bonds is 5. The van der Waals surface area contributed by atoms with Gasteiger partial charge in [-0.15, -0.1) is 0 Å². The van der Waals surface area contributed by atoms with Crippen LogP contribution in [-0.2, 0) is 6.42 Å². The molecule has 1 saturated heterocycles. The van der Waals surface area contributed by atoms with Crippen LogP contribution in [0.1, 0.15) is 26.3 Å². The molecule has 21 heavy (non-hydrogen) atoms. The summed E-state index contributed by atoms with van der Waals surface area (Å²) in [5, 5.41) is 5.21.